The van der Waals surface area contributed by atoms with Crippen LogP contribution in [0.1, 0.15) is 0 Å². The predicted molar refractivity (Wildman–Crippen MR) is 106 cm³/mol. The maximum atomic E-state index is 13.4. The van der Waals surface area contributed by atoms with E-state index in [1.54, 1.807) is 43.0 Å². The largest absolute Gasteiger partial charge is 0.218 e. The number of thiophene rings is 4. The third-order valence-corrected chi connectivity index (χ3v) is 11.5. The molecule has 0 saturated heterocycles. The first-order valence-electron chi connectivity index (χ1n) is 7.18. The van der Waals surface area contributed by atoms with Crippen LogP contribution in [0.4, 0.5) is 0 Å². The first kappa shape index (κ1) is 16.8. The van der Waals surface area contributed by atoms with Gasteiger partial charge < -0.3 is 0 Å². The fraction of sp³-hybridized carbons (Fsp3) is 0. The second kappa shape index (κ2) is 5.60. The van der Waals surface area contributed by atoms with Crippen molar-refractivity contribution in [3.05, 3.63) is 43.0 Å². The summed E-state index contributed by atoms with van der Waals surface area (Å²) in [5, 5.41) is 13.1. The maximum Gasteiger partial charge on any atom is 0.209 e. The van der Waals surface area contributed by atoms with Crippen LogP contribution in [-0.4, -0.2) is 16.8 Å². The molecule has 0 bridgehead atoms. The van der Waals surface area contributed by atoms with Gasteiger partial charge >= 0.3 is 0 Å². The third kappa shape index (κ3) is 2.14. The lowest BCUT2D eigenvalue weighted by molar-refractivity contribution is 0.593. The lowest BCUT2D eigenvalue weighted by atomic mass is 10.2. The van der Waals surface area contributed by atoms with Crippen LogP contribution in [0.2, 0.25) is 0 Å². The van der Waals surface area contributed by atoms with E-state index >= 15 is 0 Å². The molecule has 132 valence electrons. The van der Waals surface area contributed by atoms with E-state index < -0.39 is 19.7 Å². The van der Waals surface area contributed by atoms with E-state index in [4.69, 9.17) is 0 Å². The van der Waals surface area contributed by atoms with Crippen molar-refractivity contribution < 1.29 is 16.8 Å². The molecular formula is C16H8O4S6. The van der Waals surface area contributed by atoms with E-state index in [0.717, 1.165) is 0 Å². The van der Waals surface area contributed by atoms with Crippen molar-refractivity contribution in [2.45, 2.75) is 19.6 Å². The van der Waals surface area contributed by atoms with Gasteiger partial charge in [-0.05, 0) is 21.5 Å². The fourth-order valence-corrected chi connectivity index (χ4v) is 11.1. The van der Waals surface area contributed by atoms with Gasteiger partial charge in [0.05, 0.1) is 19.6 Å². The number of hydrogen-bond acceptors (Lipinski definition) is 8. The van der Waals surface area contributed by atoms with Gasteiger partial charge in [-0.25, -0.2) is 16.8 Å². The van der Waals surface area contributed by atoms with Crippen molar-refractivity contribution in [2.75, 3.05) is 0 Å². The molecule has 1 aliphatic heterocycles. The van der Waals surface area contributed by atoms with Gasteiger partial charge in [-0.3, -0.25) is 0 Å². The molecule has 0 unspecified atom stereocenters. The number of fused-ring (bicyclic) bond motifs is 6. The van der Waals surface area contributed by atoms with E-state index in [-0.39, 0.29) is 19.6 Å². The molecule has 0 spiro atoms. The van der Waals surface area contributed by atoms with E-state index in [0.29, 0.717) is 22.3 Å². The predicted octanol–water partition coefficient (Wildman–Crippen LogP) is 5.25. The Bertz CT molecular complexity index is 1160. The summed E-state index contributed by atoms with van der Waals surface area (Å²) < 4.78 is 53.4. The molecule has 0 aromatic carbocycles. The van der Waals surface area contributed by atoms with Gasteiger partial charge in [-0.15, -0.1) is 0 Å². The average Bonchev–Trinajstić information content (AvgIpc) is 3.40. The second-order valence-electron chi connectivity index (χ2n) is 5.61. The minimum atomic E-state index is -3.76. The van der Waals surface area contributed by atoms with Gasteiger partial charge in [0.1, 0.15) is 0 Å². The van der Waals surface area contributed by atoms with Crippen LogP contribution >= 0.6 is 45.3 Å². The Balaban J connectivity index is 2.02. The molecule has 5 rings (SSSR count). The highest BCUT2D eigenvalue weighted by atomic mass is 32.2. The van der Waals surface area contributed by atoms with Crippen molar-refractivity contribution in [1.29, 1.82) is 0 Å². The van der Waals surface area contributed by atoms with Gasteiger partial charge in [0.15, 0.2) is 0 Å². The molecule has 5 heterocycles. The van der Waals surface area contributed by atoms with E-state index in [1.807, 2.05) is 0 Å². The zero-order valence-corrected chi connectivity index (χ0v) is 17.6. The van der Waals surface area contributed by atoms with Crippen molar-refractivity contribution in [2.24, 2.45) is 0 Å². The normalized spacial score (nSPS) is 16.9. The molecule has 10 heteroatoms. The second-order valence-corrected chi connectivity index (χ2v) is 12.4. The molecule has 4 aromatic rings. The van der Waals surface area contributed by atoms with E-state index in [2.05, 4.69) is 0 Å². The van der Waals surface area contributed by atoms with Crippen LogP contribution in [0.15, 0.2) is 62.6 Å². The summed E-state index contributed by atoms with van der Waals surface area (Å²) in [5.74, 6) is 0. The third-order valence-electron chi connectivity index (χ3n) is 4.24. The Morgan fingerprint density at radius 1 is 0.423 bits per heavy atom. The molecule has 0 fully saturated rings. The fourth-order valence-electron chi connectivity index (χ4n) is 3.00. The summed E-state index contributed by atoms with van der Waals surface area (Å²) >= 11 is 5.02. The first-order chi connectivity index (χ1) is 12.4. The molecule has 1 aliphatic rings. The smallest absolute Gasteiger partial charge is 0.209 e. The van der Waals surface area contributed by atoms with Crippen LogP contribution in [-0.2, 0) is 19.7 Å². The van der Waals surface area contributed by atoms with Crippen LogP contribution in [0.25, 0.3) is 22.3 Å². The topological polar surface area (TPSA) is 68.3 Å². The molecule has 0 aliphatic carbocycles. The molecule has 0 radical (unpaired) electrons. The summed E-state index contributed by atoms with van der Waals surface area (Å²) in [6, 6.07) is 0. The Kier molecular flexibility index (Phi) is 3.63. The van der Waals surface area contributed by atoms with Crippen LogP contribution in [0, 0.1) is 0 Å². The van der Waals surface area contributed by atoms with Crippen LogP contribution < -0.4 is 0 Å². The zero-order chi connectivity index (χ0) is 18.1. The first-order valence-corrected chi connectivity index (χ1v) is 13.9. The van der Waals surface area contributed by atoms with Gasteiger partial charge in [0, 0.05) is 43.8 Å². The van der Waals surface area contributed by atoms with E-state index in [1.165, 1.54) is 45.3 Å². The van der Waals surface area contributed by atoms with Crippen molar-refractivity contribution in [3.63, 3.8) is 0 Å². The Labute approximate surface area is 165 Å². The Hall–Kier alpha value is -1.30. The van der Waals surface area contributed by atoms with Gasteiger partial charge in [-0.1, -0.05) is 0 Å². The van der Waals surface area contributed by atoms with Crippen molar-refractivity contribution >= 4 is 65.0 Å². The summed E-state index contributed by atoms with van der Waals surface area (Å²) in [5.41, 5.74) is 1.80. The van der Waals surface area contributed by atoms with E-state index in [9.17, 15) is 16.8 Å². The molecular weight excluding hydrogens is 449 g/mol. The summed E-state index contributed by atoms with van der Waals surface area (Å²) in [4.78, 5) is 0.651. The quantitative estimate of drug-likeness (QED) is 0.319. The highest BCUT2D eigenvalue weighted by Gasteiger charge is 2.35. The average molecular weight is 457 g/mol. The highest BCUT2D eigenvalue weighted by Crippen LogP contribution is 2.47. The van der Waals surface area contributed by atoms with Crippen molar-refractivity contribution in [1.82, 2.24) is 0 Å². The van der Waals surface area contributed by atoms with Crippen molar-refractivity contribution in [3.8, 4) is 22.3 Å². The SMILES string of the molecule is O=S1(=O)c2cscc2-c2cscc2S(=O)(=O)c2cscc2-c2cscc21. The molecule has 0 N–H and O–H groups in total. The van der Waals surface area contributed by atoms with Crippen LogP contribution in [0.5, 0.6) is 0 Å². The summed E-state index contributed by atoms with van der Waals surface area (Å²) in [6.07, 6.45) is 0. The van der Waals surface area contributed by atoms with Crippen LogP contribution in [0.3, 0.4) is 0 Å². The standard InChI is InChI=1S/C16H8O4S6/c17-25(18)13-5-21-1-9(13)10-2-22-6-14(10)26(19,20)16-8-24-4-12(16)11-3-23-7-15(11)25/h1-8H. The minimum Gasteiger partial charge on any atom is -0.218 e. The maximum absolute atomic E-state index is 13.4. The minimum absolute atomic E-state index is 0.163. The lowest BCUT2D eigenvalue weighted by Gasteiger charge is -2.13. The number of rotatable bonds is 0. The monoisotopic (exact) mass is 456 g/mol. The van der Waals surface area contributed by atoms with Gasteiger partial charge in [-0.2, -0.15) is 45.3 Å². The number of sulfone groups is 2. The Morgan fingerprint density at radius 2 is 0.654 bits per heavy atom. The summed E-state index contributed by atoms with van der Waals surface area (Å²) in [6.45, 7) is 0. The molecule has 4 nitrogen and oxygen atoms in total. The Morgan fingerprint density at radius 3 is 0.885 bits per heavy atom. The molecule has 0 atom stereocenters. The summed E-state index contributed by atoms with van der Waals surface area (Å²) in [7, 11) is -7.51. The zero-order valence-electron chi connectivity index (χ0n) is 12.7. The van der Waals surface area contributed by atoms with Gasteiger partial charge in [0.2, 0.25) is 19.7 Å². The van der Waals surface area contributed by atoms with Gasteiger partial charge in [0.25, 0.3) is 0 Å². The molecule has 0 amide bonds. The lowest BCUT2D eigenvalue weighted by Crippen LogP contribution is -2.08. The molecule has 0 saturated carbocycles. The molecule has 26 heavy (non-hydrogen) atoms. The molecule has 4 aromatic heterocycles. The highest BCUT2D eigenvalue weighted by molar-refractivity contribution is 7.92. The number of hydrogen-bond donors (Lipinski definition) is 0.